The molecule has 2 aromatic carbocycles. The maximum atomic E-state index is 13.6. The summed E-state index contributed by atoms with van der Waals surface area (Å²) in [7, 11) is 0. The molecule has 2 aliphatic heterocycles. The summed E-state index contributed by atoms with van der Waals surface area (Å²) in [6.45, 7) is 9.87. The van der Waals surface area contributed by atoms with Crippen molar-refractivity contribution in [2.24, 2.45) is 5.92 Å². The smallest absolute Gasteiger partial charge is 0.282 e. The Hall–Kier alpha value is -2.88. The number of benzene rings is 2. The van der Waals surface area contributed by atoms with E-state index in [1.807, 2.05) is 57.2 Å². The van der Waals surface area contributed by atoms with Crippen LogP contribution < -0.4 is 4.90 Å². The molecule has 4 nitrogen and oxygen atoms in total. The zero-order chi connectivity index (χ0) is 20.7. The third kappa shape index (κ3) is 3.59. The van der Waals surface area contributed by atoms with E-state index in [1.54, 1.807) is 0 Å². The SMILES string of the molecule is Cc1ccc(C2=C(N3CCC(C)CC3)C(=O)N(c3cc(C)cc(C)c3)C2=O)cc1. The summed E-state index contributed by atoms with van der Waals surface area (Å²) < 4.78 is 0. The number of hydrogen-bond donors (Lipinski definition) is 0. The molecule has 0 bridgehead atoms. The number of likely N-dealkylation sites (tertiary alicyclic amines) is 1. The second-order valence-electron chi connectivity index (χ2n) is 8.55. The Morgan fingerprint density at radius 1 is 0.793 bits per heavy atom. The van der Waals surface area contributed by atoms with Crippen LogP contribution in [-0.2, 0) is 9.59 Å². The molecule has 0 radical (unpaired) electrons. The zero-order valence-electron chi connectivity index (χ0n) is 17.7. The molecule has 0 aliphatic carbocycles. The maximum Gasteiger partial charge on any atom is 0.282 e. The maximum absolute atomic E-state index is 13.6. The predicted molar refractivity (Wildman–Crippen MR) is 116 cm³/mol. The van der Waals surface area contributed by atoms with Gasteiger partial charge in [-0.05, 0) is 68.4 Å². The quantitative estimate of drug-likeness (QED) is 0.720. The molecule has 4 heteroatoms. The molecule has 2 heterocycles. The van der Waals surface area contributed by atoms with Crippen molar-refractivity contribution < 1.29 is 9.59 Å². The van der Waals surface area contributed by atoms with E-state index >= 15 is 0 Å². The molecule has 0 unspecified atom stereocenters. The van der Waals surface area contributed by atoms with Gasteiger partial charge >= 0.3 is 0 Å². The second kappa shape index (κ2) is 7.51. The Labute approximate surface area is 172 Å². The van der Waals surface area contributed by atoms with Crippen LogP contribution in [0.5, 0.6) is 0 Å². The summed E-state index contributed by atoms with van der Waals surface area (Å²) in [6.07, 6.45) is 2.07. The Morgan fingerprint density at radius 3 is 1.97 bits per heavy atom. The molecule has 150 valence electrons. The van der Waals surface area contributed by atoms with Gasteiger partial charge in [-0.25, -0.2) is 4.90 Å². The number of piperidine rings is 1. The first kappa shape index (κ1) is 19.4. The van der Waals surface area contributed by atoms with Gasteiger partial charge in [-0.1, -0.05) is 42.8 Å². The molecule has 0 N–H and O–H groups in total. The molecule has 2 amide bonds. The van der Waals surface area contributed by atoms with Gasteiger partial charge in [-0.3, -0.25) is 9.59 Å². The number of anilines is 1. The molecular weight excluding hydrogens is 360 g/mol. The number of imide groups is 1. The zero-order valence-corrected chi connectivity index (χ0v) is 17.7. The molecule has 2 aromatic rings. The Morgan fingerprint density at radius 2 is 1.38 bits per heavy atom. The highest BCUT2D eigenvalue weighted by molar-refractivity contribution is 6.45. The second-order valence-corrected chi connectivity index (χ2v) is 8.55. The van der Waals surface area contributed by atoms with Crippen LogP contribution in [0.4, 0.5) is 5.69 Å². The minimum atomic E-state index is -0.225. The van der Waals surface area contributed by atoms with E-state index in [-0.39, 0.29) is 11.8 Å². The topological polar surface area (TPSA) is 40.6 Å². The highest BCUT2D eigenvalue weighted by Gasteiger charge is 2.43. The van der Waals surface area contributed by atoms with Crippen LogP contribution in [-0.4, -0.2) is 29.8 Å². The summed E-state index contributed by atoms with van der Waals surface area (Å²) >= 11 is 0. The monoisotopic (exact) mass is 388 g/mol. The largest absolute Gasteiger partial charge is 0.366 e. The Balaban J connectivity index is 1.82. The molecule has 29 heavy (non-hydrogen) atoms. The van der Waals surface area contributed by atoms with Crippen LogP contribution in [0.15, 0.2) is 48.2 Å². The van der Waals surface area contributed by atoms with Crippen molar-refractivity contribution in [2.45, 2.75) is 40.5 Å². The van der Waals surface area contributed by atoms with Crippen LogP contribution in [0.1, 0.15) is 42.0 Å². The lowest BCUT2D eigenvalue weighted by atomic mass is 9.97. The van der Waals surface area contributed by atoms with Gasteiger partial charge in [0.15, 0.2) is 0 Å². The highest BCUT2D eigenvalue weighted by Crippen LogP contribution is 2.37. The van der Waals surface area contributed by atoms with Crippen LogP contribution in [0.25, 0.3) is 5.57 Å². The first-order valence-electron chi connectivity index (χ1n) is 10.4. The molecule has 4 rings (SSSR count). The summed E-state index contributed by atoms with van der Waals surface area (Å²) in [6, 6.07) is 13.8. The number of hydrogen-bond acceptors (Lipinski definition) is 3. The lowest BCUT2D eigenvalue weighted by molar-refractivity contribution is -0.120. The van der Waals surface area contributed by atoms with E-state index in [1.165, 1.54) is 4.90 Å². The van der Waals surface area contributed by atoms with Crippen molar-refractivity contribution >= 4 is 23.1 Å². The molecule has 1 fully saturated rings. The Kier molecular flexibility index (Phi) is 5.03. The normalized spacial score (nSPS) is 18.2. The fourth-order valence-corrected chi connectivity index (χ4v) is 4.34. The summed E-state index contributed by atoms with van der Waals surface area (Å²) in [5, 5.41) is 0. The minimum Gasteiger partial charge on any atom is -0.366 e. The Bertz CT molecular complexity index is 976. The molecule has 2 aliphatic rings. The van der Waals surface area contributed by atoms with Gasteiger partial charge in [0, 0.05) is 13.1 Å². The summed E-state index contributed by atoms with van der Waals surface area (Å²) in [5.74, 6) is 0.222. The van der Waals surface area contributed by atoms with E-state index in [0.717, 1.165) is 48.2 Å². The van der Waals surface area contributed by atoms with Gasteiger partial charge in [0.05, 0.1) is 11.3 Å². The van der Waals surface area contributed by atoms with Gasteiger partial charge in [0.25, 0.3) is 11.8 Å². The van der Waals surface area contributed by atoms with Crippen LogP contribution in [0.2, 0.25) is 0 Å². The lowest BCUT2D eigenvalue weighted by Crippen LogP contribution is -2.38. The van der Waals surface area contributed by atoms with Gasteiger partial charge in [-0.2, -0.15) is 0 Å². The van der Waals surface area contributed by atoms with E-state index in [9.17, 15) is 9.59 Å². The van der Waals surface area contributed by atoms with Crippen LogP contribution >= 0.6 is 0 Å². The third-order valence-corrected chi connectivity index (χ3v) is 5.96. The summed E-state index contributed by atoms with van der Waals surface area (Å²) in [5.41, 5.74) is 5.77. The first-order valence-corrected chi connectivity index (χ1v) is 10.4. The van der Waals surface area contributed by atoms with Crippen molar-refractivity contribution in [3.05, 3.63) is 70.4 Å². The number of amides is 2. The third-order valence-electron chi connectivity index (χ3n) is 5.96. The average molecular weight is 389 g/mol. The van der Waals surface area contributed by atoms with Crippen molar-refractivity contribution in [1.29, 1.82) is 0 Å². The van der Waals surface area contributed by atoms with Gasteiger partial charge in [0.1, 0.15) is 5.70 Å². The summed E-state index contributed by atoms with van der Waals surface area (Å²) in [4.78, 5) is 30.6. The van der Waals surface area contributed by atoms with E-state index in [0.29, 0.717) is 22.9 Å². The van der Waals surface area contributed by atoms with Gasteiger partial charge < -0.3 is 4.90 Å². The van der Waals surface area contributed by atoms with Crippen molar-refractivity contribution in [1.82, 2.24) is 4.90 Å². The van der Waals surface area contributed by atoms with Crippen molar-refractivity contribution in [2.75, 3.05) is 18.0 Å². The van der Waals surface area contributed by atoms with Gasteiger partial charge in [-0.15, -0.1) is 0 Å². The van der Waals surface area contributed by atoms with E-state index < -0.39 is 0 Å². The average Bonchev–Trinajstić information content (AvgIpc) is 2.93. The standard InChI is InChI=1S/C25H28N2O2/c1-16-5-7-20(8-6-16)22-23(26-11-9-17(2)10-12-26)25(29)27(24(22)28)21-14-18(3)13-19(4)15-21/h5-8,13-15,17H,9-12H2,1-4H3. The number of aryl methyl sites for hydroxylation is 3. The van der Waals surface area contributed by atoms with Crippen molar-refractivity contribution in [3.63, 3.8) is 0 Å². The molecule has 0 atom stereocenters. The van der Waals surface area contributed by atoms with Crippen LogP contribution in [0.3, 0.4) is 0 Å². The molecule has 0 saturated carbocycles. The van der Waals surface area contributed by atoms with Crippen LogP contribution in [0, 0.1) is 26.7 Å². The number of nitrogens with zero attached hydrogens (tertiary/aromatic N) is 2. The number of rotatable bonds is 3. The van der Waals surface area contributed by atoms with E-state index in [2.05, 4.69) is 17.9 Å². The molecular formula is C25H28N2O2. The number of carbonyl (C=O) groups excluding carboxylic acids is 2. The fourth-order valence-electron chi connectivity index (χ4n) is 4.34. The predicted octanol–water partition coefficient (Wildman–Crippen LogP) is 4.63. The molecule has 0 spiro atoms. The van der Waals surface area contributed by atoms with E-state index in [4.69, 9.17) is 0 Å². The van der Waals surface area contributed by atoms with Gasteiger partial charge in [0.2, 0.25) is 0 Å². The lowest BCUT2D eigenvalue weighted by Gasteiger charge is -2.32. The fraction of sp³-hybridized carbons (Fsp3) is 0.360. The minimum absolute atomic E-state index is 0.204. The molecule has 0 aromatic heterocycles. The molecule has 1 saturated heterocycles. The number of carbonyl (C=O) groups is 2. The van der Waals surface area contributed by atoms with Crippen molar-refractivity contribution in [3.8, 4) is 0 Å². The first-order chi connectivity index (χ1) is 13.8. The highest BCUT2D eigenvalue weighted by atomic mass is 16.2.